The molecule has 2 heterocycles. The summed E-state index contributed by atoms with van der Waals surface area (Å²) in [5.74, 6) is 0.0493. The smallest absolute Gasteiger partial charge is 0.410 e. The van der Waals surface area contributed by atoms with Crippen molar-refractivity contribution in [3.05, 3.63) is 35.4 Å². The molecule has 1 aromatic carbocycles. The molecule has 6 nitrogen and oxygen atoms in total. The lowest BCUT2D eigenvalue weighted by Crippen LogP contribution is -2.52. The lowest BCUT2D eigenvalue weighted by molar-refractivity contribution is -0.119. The van der Waals surface area contributed by atoms with Gasteiger partial charge in [-0.1, -0.05) is 24.3 Å². The second kappa shape index (κ2) is 9.05. The zero-order chi connectivity index (χ0) is 22.9. The van der Waals surface area contributed by atoms with E-state index in [1.54, 1.807) is 6.92 Å². The summed E-state index contributed by atoms with van der Waals surface area (Å²) >= 11 is 0. The number of carbonyl (C=O) groups excluding carboxylic acids is 2. The zero-order valence-electron chi connectivity index (χ0n) is 20.2. The molecule has 32 heavy (non-hydrogen) atoms. The first kappa shape index (κ1) is 23.1. The number of nitrogens with one attached hydrogen (secondary N) is 1. The van der Waals surface area contributed by atoms with Crippen LogP contribution in [0.5, 0.6) is 0 Å². The molecule has 0 bridgehead atoms. The van der Waals surface area contributed by atoms with Gasteiger partial charge in [-0.25, -0.2) is 4.79 Å². The first-order valence-corrected chi connectivity index (χ1v) is 12.3. The molecule has 3 aliphatic rings. The van der Waals surface area contributed by atoms with Gasteiger partial charge in [0, 0.05) is 27.5 Å². The maximum absolute atomic E-state index is 12.4. The number of hydrogen-bond donors (Lipinski definition) is 1. The topological polar surface area (TPSA) is 61.9 Å². The predicted octanol–water partition coefficient (Wildman–Crippen LogP) is 4.64. The Bertz CT molecular complexity index is 837. The Morgan fingerprint density at radius 3 is 2.31 bits per heavy atom. The van der Waals surface area contributed by atoms with Gasteiger partial charge in [-0.2, -0.15) is 0 Å². The highest BCUT2D eigenvalue weighted by atomic mass is 16.6. The minimum absolute atomic E-state index is 0. The van der Waals surface area contributed by atoms with Crippen LogP contribution in [0.3, 0.4) is 0 Å². The van der Waals surface area contributed by atoms with E-state index < -0.39 is 5.60 Å². The summed E-state index contributed by atoms with van der Waals surface area (Å²) in [6, 6.07) is 9.44. The molecular weight excluding hydrogens is 402 g/mol. The van der Waals surface area contributed by atoms with Gasteiger partial charge in [-0.15, -0.1) is 0 Å². The fraction of sp³-hybridized carbons (Fsp3) is 0.692. The van der Waals surface area contributed by atoms with E-state index in [2.05, 4.69) is 34.5 Å². The Hall–Kier alpha value is -2.08. The van der Waals surface area contributed by atoms with Gasteiger partial charge in [0.1, 0.15) is 5.60 Å². The van der Waals surface area contributed by atoms with Gasteiger partial charge >= 0.3 is 6.09 Å². The molecule has 0 saturated carbocycles. The van der Waals surface area contributed by atoms with Crippen molar-refractivity contribution in [2.75, 3.05) is 26.2 Å². The maximum Gasteiger partial charge on any atom is 0.410 e. The number of carbonyl (C=O) groups is 2. The highest BCUT2D eigenvalue weighted by Gasteiger charge is 2.43. The average molecular weight is 444 g/mol. The van der Waals surface area contributed by atoms with E-state index in [1.165, 1.54) is 24.0 Å². The second-order valence-electron chi connectivity index (χ2n) is 10.9. The van der Waals surface area contributed by atoms with Gasteiger partial charge in [0.15, 0.2) is 0 Å². The molecule has 2 saturated heterocycles. The van der Waals surface area contributed by atoms with Crippen molar-refractivity contribution in [3.8, 4) is 0 Å². The fourth-order valence-electron chi connectivity index (χ4n) is 5.97. The Labute approximate surface area is 194 Å². The first-order valence-electron chi connectivity index (χ1n) is 12.3. The summed E-state index contributed by atoms with van der Waals surface area (Å²) in [5, 5.41) is 3.16. The fourth-order valence-corrected chi connectivity index (χ4v) is 5.97. The molecule has 0 aromatic heterocycles. The normalized spacial score (nSPS) is 24.1. The van der Waals surface area contributed by atoms with Crippen LogP contribution >= 0.6 is 0 Å². The van der Waals surface area contributed by atoms with Crippen LogP contribution in [0.4, 0.5) is 4.79 Å². The van der Waals surface area contributed by atoms with Crippen molar-refractivity contribution in [1.29, 1.82) is 0 Å². The van der Waals surface area contributed by atoms with Crippen molar-refractivity contribution in [1.82, 2.24) is 15.1 Å². The largest absolute Gasteiger partial charge is 0.444 e. The summed E-state index contributed by atoms with van der Waals surface area (Å²) in [5.41, 5.74) is 2.56. The van der Waals surface area contributed by atoms with E-state index in [0.29, 0.717) is 6.04 Å². The van der Waals surface area contributed by atoms with Gasteiger partial charge in [-0.05, 0) is 88.9 Å². The van der Waals surface area contributed by atoms with Crippen LogP contribution in [0.15, 0.2) is 24.3 Å². The monoisotopic (exact) mass is 443 g/mol. The molecule has 2 fully saturated rings. The number of benzene rings is 1. The average Bonchev–Trinajstić information content (AvgIpc) is 2.75. The summed E-state index contributed by atoms with van der Waals surface area (Å²) in [4.78, 5) is 28.6. The number of fused-ring (bicyclic) bond motifs is 2. The number of nitrogens with zero attached hydrogens (tertiary/aromatic N) is 2. The van der Waals surface area contributed by atoms with Crippen LogP contribution in [-0.4, -0.2) is 59.6 Å². The lowest BCUT2D eigenvalue weighted by atomic mass is 9.63. The molecule has 6 heteroatoms. The van der Waals surface area contributed by atoms with Gasteiger partial charge in [-0.3, -0.25) is 4.79 Å². The number of likely N-dealkylation sites (tertiary alicyclic amines) is 2. The van der Waals surface area contributed by atoms with Crippen LogP contribution in [0.2, 0.25) is 0 Å². The molecule has 4 rings (SSSR count). The van der Waals surface area contributed by atoms with Crippen molar-refractivity contribution in [2.24, 2.45) is 0 Å². The van der Waals surface area contributed by atoms with Crippen LogP contribution in [0.25, 0.3) is 0 Å². The maximum atomic E-state index is 12.4. The van der Waals surface area contributed by atoms with E-state index in [1.807, 2.05) is 25.7 Å². The lowest BCUT2D eigenvalue weighted by Gasteiger charge is -2.49. The Kier molecular flexibility index (Phi) is 6.53. The Balaban J connectivity index is 0.00000306. The molecule has 1 spiro atoms. The third kappa shape index (κ3) is 4.95. The van der Waals surface area contributed by atoms with E-state index in [0.717, 1.165) is 51.9 Å². The number of hydrogen-bond acceptors (Lipinski definition) is 4. The molecule has 1 aliphatic carbocycles. The third-order valence-electron chi connectivity index (χ3n) is 7.58. The predicted molar refractivity (Wildman–Crippen MR) is 128 cm³/mol. The Morgan fingerprint density at radius 1 is 1.03 bits per heavy atom. The molecule has 1 N–H and O–H groups in total. The standard InChI is InChI=1S/C26H39N3O3.H2/c1-19(30)27-23-9-12-26(22-8-6-5-7-21(22)23)13-17-28(18-14-26)20-10-15-29(16-11-20)24(31)32-25(2,3)4;/h5-8,20,23H,9-18H2,1-4H3,(H,27,30);1H/t23-;/m0./s1. The third-order valence-corrected chi connectivity index (χ3v) is 7.58. The molecule has 2 aliphatic heterocycles. The van der Waals surface area contributed by atoms with Crippen molar-refractivity contribution in [2.45, 2.75) is 89.3 Å². The van der Waals surface area contributed by atoms with E-state index in [4.69, 9.17) is 4.74 Å². The molecule has 1 atom stereocenters. The first-order chi connectivity index (χ1) is 15.2. The highest BCUT2D eigenvalue weighted by molar-refractivity contribution is 5.73. The van der Waals surface area contributed by atoms with Crippen molar-refractivity contribution in [3.63, 3.8) is 0 Å². The minimum atomic E-state index is -0.440. The summed E-state index contributed by atoms with van der Waals surface area (Å²) < 4.78 is 5.55. The van der Waals surface area contributed by atoms with Crippen LogP contribution in [-0.2, 0) is 14.9 Å². The summed E-state index contributed by atoms with van der Waals surface area (Å²) in [7, 11) is 0. The zero-order valence-corrected chi connectivity index (χ0v) is 20.2. The number of amides is 2. The van der Waals surface area contributed by atoms with Gasteiger partial charge in [0.2, 0.25) is 5.91 Å². The SMILES string of the molecule is CC(=O)N[C@H]1CCC2(CCN(C3CCN(C(=O)OC(C)(C)C)CC3)CC2)c2ccccc21.[HH]. The van der Waals surface area contributed by atoms with Crippen LogP contribution in [0, 0.1) is 0 Å². The van der Waals surface area contributed by atoms with E-state index in [9.17, 15) is 9.59 Å². The van der Waals surface area contributed by atoms with Crippen molar-refractivity contribution < 1.29 is 15.8 Å². The molecular formula is C26H41N3O3. The second-order valence-corrected chi connectivity index (χ2v) is 10.9. The number of ether oxygens (including phenoxy) is 1. The van der Waals surface area contributed by atoms with Gasteiger partial charge < -0.3 is 19.9 Å². The van der Waals surface area contributed by atoms with Gasteiger partial charge in [0.05, 0.1) is 6.04 Å². The quantitative estimate of drug-likeness (QED) is 0.724. The minimum Gasteiger partial charge on any atom is -0.444 e. The molecule has 0 unspecified atom stereocenters. The Morgan fingerprint density at radius 2 is 1.69 bits per heavy atom. The molecule has 2 amide bonds. The summed E-state index contributed by atoms with van der Waals surface area (Å²) in [6.45, 7) is 11.1. The van der Waals surface area contributed by atoms with Crippen molar-refractivity contribution >= 4 is 12.0 Å². The van der Waals surface area contributed by atoms with E-state index >= 15 is 0 Å². The number of piperidine rings is 2. The number of rotatable bonds is 2. The molecule has 1 aromatic rings. The van der Waals surface area contributed by atoms with Gasteiger partial charge in [0.25, 0.3) is 0 Å². The highest BCUT2D eigenvalue weighted by Crippen LogP contribution is 2.48. The summed E-state index contributed by atoms with van der Waals surface area (Å²) in [6.07, 6.45) is 6.36. The van der Waals surface area contributed by atoms with Crippen LogP contribution in [0.1, 0.15) is 84.8 Å². The van der Waals surface area contributed by atoms with Crippen LogP contribution < -0.4 is 5.32 Å². The van der Waals surface area contributed by atoms with E-state index in [-0.39, 0.29) is 24.9 Å². The molecule has 0 radical (unpaired) electrons. The molecule has 178 valence electrons.